The van der Waals surface area contributed by atoms with Gasteiger partial charge in [0.25, 0.3) is 0 Å². The topological polar surface area (TPSA) is 55.9 Å². The van der Waals surface area contributed by atoms with Crippen LogP contribution in [0.5, 0.6) is 0 Å². The summed E-state index contributed by atoms with van der Waals surface area (Å²) in [6.07, 6.45) is 8.40. The number of halogens is 1. The molecule has 1 heterocycles. The van der Waals surface area contributed by atoms with Gasteiger partial charge < -0.3 is 9.47 Å². The minimum atomic E-state index is -0.313. The molecule has 5 aliphatic rings. The standard InChI is InChI=1S/C23H33ClO4/c1-12(25)15-6-7-16-14-5-4-13-8-17-18(27-17)9-22(13,2)21(14)19(10-23(15,16)3)28-20(26)11-24/h13-19,21H,4-11H2,1-3H3/t13?,14-,15+,16-,17?,18?,19?,21+,22-,23+/m0/s1. The van der Waals surface area contributed by atoms with E-state index in [1.54, 1.807) is 6.92 Å². The van der Waals surface area contributed by atoms with Crippen molar-refractivity contribution >= 4 is 23.4 Å². The summed E-state index contributed by atoms with van der Waals surface area (Å²) in [6.45, 7) is 6.48. The molecule has 1 saturated heterocycles. The second-order valence-electron chi connectivity index (χ2n) is 10.8. The zero-order valence-corrected chi connectivity index (χ0v) is 18.0. The minimum absolute atomic E-state index is 0.0548. The summed E-state index contributed by atoms with van der Waals surface area (Å²) in [5.41, 5.74) is 0.105. The highest BCUT2D eigenvalue weighted by molar-refractivity contribution is 6.26. The van der Waals surface area contributed by atoms with Gasteiger partial charge in [0.05, 0.1) is 12.2 Å². The number of ether oxygens (including phenoxy) is 2. The number of hydrogen-bond acceptors (Lipinski definition) is 4. The van der Waals surface area contributed by atoms with Crippen LogP contribution in [0.4, 0.5) is 0 Å². The van der Waals surface area contributed by atoms with E-state index in [1.165, 1.54) is 19.3 Å². The van der Waals surface area contributed by atoms with E-state index in [2.05, 4.69) is 13.8 Å². The lowest BCUT2D eigenvalue weighted by Gasteiger charge is -2.61. The van der Waals surface area contributed by atoms with Gasteiger partial charge in [-0.3, -0.25) is 9.59 Å². The third kappa shape index (κ3) is 2.66. The number of alkyl halides is 1. The molecule has 0 radical (unpaired) electrons. The maximum atomic E-state index is 12.4. The molecule has 0 aromatic carbocycles. The van der Waals surface area contributed by atoms with Crippen molar-refractivity contribution in [3.05, 3.63) is 0 Å². The van der Waals surface area contributed by atoms with E-state index < -0.39 is 0 Å². The lowest BCUT2D eigenvalue weighted by Crippen LogP contribution is -2.60. The van der Waals surface area contributed by atoms with Gasteiger partial charge in [0, 0.05) is 11.8 Å². The number of epoxide rings is 1. The number of fused-ring (bicyclic) bond motifs is 6. The zero-order chi connectivity index (χ0) is 19.8. The fourth-order valence-electron chi connectivity index (χ4n) is 8.59. The molecule has 0 N–H and O–H groups in total. The normalized spacial score (nSPS) is 54.0. The van der Waals surface area contributed by atoms with Crippen molar-refractivity contribution in [1.29, 1.82) is 0 Å². The summed E-state index contributed by atoms with van der Waals surface area (Å²) in [4.78, 5) is 24.7. The summed E-state index contributed by atoms with van der Waals surface area (Å²) < 4.78 is 12.0. The van der Waals surface area contributed by atoms with Crippen molar-refractivity contribution in [3.63, 3.8) is 0 Å². The highest BCUT2D eigenvalue weighted by atomic mass is 35.5. The van der Waals surface area contributed by atoms with E-state index in [0.717, 1.165) is 25.7 Å². The number of esters is 1. The van der Waals surface area contributed by atoms with E-state index in [9.17, 15) is 9.59 Å². The Morgan fingerprint density at radius 1 is 1.07 bits per heavy atom. The average molecular weight is 409 g/mol. The fourth-order valence-corrected chi connectivity index (χ4v) is 8.65. The van der Waals surface area contributed by atoms with E-state index in [4.69, 9.17) is 21.1 Å². The first kappa shape index (κ1) is 19.4. The van der Waals surface area contributed by atoms with E-state index in [1.807, 2.05) is 0 Å². The van der Waals surface area contributed by atoms with Crippen LogP contribution in [-0.4, -0.2) is 35.9 Å². The van der Waals surface area contributed by atoms with Crippen LogP contribution in [0, 0.1) is 40.4 Å². The SMILES string of the molecule is CC(=O)[C@H]1CC[C@H]2[C@@H]3CCC4CC5OC5C[C@]4(C)[C@H]3C(OC(=O)CCl)C[C@]12C. The predicted molar refractivity (Wildman–Crippen MR) is 106 cm³/mol. The molecule has 4 aliphatic carbocycles. The van der Waals surface area contributed by atoms with E-state index in [-0.39, 0.29) is 34.7 Å². The van der Waals surface area contributed by atoms with Crippen LogP contribution in [0.2, 0.25) is 0 Å². The molecule has 0 spiro atoms. The van der Waals surface area contributed by atoms with Gasteiger partial charge in [0.15, 0.2) is 0 Å². The molecule has 156 valence electrons. The van der Waals surface area contributed by atoms with Crippen LogP contribution in [0.25, 0.3) is 0 Å². The fraction of sp³-hybridized carbons (Fsp3) is 0.913. The Bertz CT molecular complexity index is 694. The van der Waals surface area contributed by atoms with Gasteiger partial charge in [-0.05, 0) is 80.5 Å². The van der Waals surface area contributed by atoms with Crippen molar-refractivity contribution in [3.8, 4) is 0 Å². The van der Waals surface area contributed by atoms with Crippen LogP contribution in [0.3, 0.4) is 0 Å². The Balaban J connectivity index is 1.53. The summed E-state index contributed by atoms with van der Waals surface area (Å²) in [6, 6.07) is 0. The second kappa shape index (κ2) is 6.44. The van der Waals surface area contributed by atoms with Crippen molar-refractivity contribution in [2.24, 2.45) is 40.4 Å². The first-order valence-corrected chi connectivity index (χ1v) is 11.7. The number of rotatable bonds is 3. The number of carbonyl (C=O) groups excluding carboxylic acids is 2. The molecule has 0 bridgehead atoms. The Labute approximate surface area is 173 Å². The lowest BCUT2D eigenvalue weighted by molar-refractivity contribution is -0.191. The van der Waals surface area contributed by atoms with Crippen molar-refractivity contribution in [2.75, 3.05) is 5.88 Å². The zero-order valence-electron chi connectivity index (χ0n) is 17.3. The monoisotopic (exact) mass is 408 g/mol. The van der Waals surface area contributed by atoms with E-state index >= 15 is 0 Å². The maximum Gasteiger partial charge on any atom is 0.321 e. The molecular weight excluding hydrogens is 376 g/mol. The first-order valence-electron chi connectivity index (χ1n) is 11.2. The molecular formula is C23H33ClO4. The summed E-state index contributed by atoms with van der Waals surface area (Å²) >= 11 is 5.82. The quantitative estimate of drug-likeness (QED) is 0.395. The number of carbonyl (C=O) groups is 2. The Kier molecular flexibility index (Phi) is 4.45. The van der Waals surface area contributed by atoms with Gasteiger partial charge in [0.1, 0.15) is 17.8 Å². The number of hydrogen-bond donors (Lipinski definition) is 0. The molecule has 0 aromatic rings. The molecule has 0 aromatic heterocycles. The van der Waals surface area contributed by atoms with Crippen LogP contribution < -0.4 is 0 Å². The maximum absolute atomic E-state index is 12.4. The van der Waals surface area contributed by atoms with Gasteiger partial charge >= 0.3 is 5.97 Å². The van der Waals surface area contributed by atoms with E-state index in [0.29, 0.717) is 41.7 Å². The molecule has 1 aliphatic heterocycles. The Hall–Kier alpha value is -0.610. The van der Waals surface area contributed by atoms with Crippen molar-refractivity contribution < 1.29 is 19.1 Å². The van der Waals surface area contributed by atoms with Crippen molar-refractivity contribution in [2.45, 2.75) is 84.0 Å². The van der Waals surface area contributed by atoms with Crippen LogP contribution in [-0.2, 0) is 19.1 Å². The molecule has 10 atom stereocenters. The summed E-state index contributed by atoms with van der Waals surface area (Å²) in [5.74, 6) is 2.11. The predicted octanol–water partition coefficient (Wildman–Crippen LogP) is 4.37. The lowest BCUT2D eigenvalue weighted by atomic mass is 9.44. The van der Waals surface area contributed by atoms with Crippen molar-refractivity contribution in [1.82, 2.24) is 0 Å². The first-order chi connectivity index (χ1) is 13.3. The summed E-state index contributed by atoms with van der Waals surface area (Å²) in [5, 5.41) is 0. The Morgan fingerprint density at radius 3 is 2.57 bits per heavy atom. The van der Waals surface area contributed by atoms with Gasteiger partial charge in [0.2, 0.25) is 0 Å². The summed E-state index contributed by atoms with van der Waals surface area (Å²) in [7, 11) is 0. The highest BCUT2D eigenvalue weighted by Gasteiger charge is 2.67. The highest BCUT2D eigenvalue weighted by Crippen LogP contribution is 2.69. The number of ketones is 1. The molecule has 4 unspecified atom stereocenters. The van der Waals surface area contributed by atoms with Gasteiger partial charge in [-0.15, -0.1) is 11.6 Å². The van der Waals surface area contributed by atoms with Gasteiger partial charge in [-0.25, -0.2) is 0 Å². The molecule has 5 heteroatoms. The molecule has 5 fully saturated rings. The third-order valence-electron chi connectivity index (χ3n) is 9.70. The largest absolute Gasteiger partial charge is 0.461 e. The van der Waals surface area contributed by atoms with Crippen LogP contribution in [0.1, 0.15) is 65.7 Å². The third-order valence-corrected chi connectivity index (χ3v) is 9.92. The van der Waals surface area contributed by atoms with Crippen LogP contribution in [0.15, 0.2) is 0 Å². The molecule has 4 saturated carbocycles. The number of Topliss-reactive ketones (excluding diaryl/α,β-unsaturated/α-hetero) is 1. The Morgan fingerprint density at radius 2 is 1.86 bits per heavy atom. The smallest absolute Gasteiger partial charge is 0.321 e. The van der Waals surface area contributed by atoms with Crippen LogP contribution >= 0.6 is 11.6 Å². The molecule has 4 nitrogen and oxygen atoms in total. The molecule has 28 heavy (non-hydrogen) atoms. The van der Waals surface area contributed by atoms with Gasteiger partial charge in [-0.2, -0.15) is 0 Å². The minimum Gasteiger partial charge on any atom is -0.461 e. The average Bonchev–Trinajstić information content (AvgIpc) is 3.27. The molecule has 0 amide bonds. The second-order valence-corrected chi connectivity index (χ2v) is 11.1. The molecule has 5 rings (SSSR count). The van der Waals surface area contributed by atoms with Gasteiger partial charge in [-0.1, -0.05) is 13.8 Å².